The molecule has 0 fully saturated rings. The molecule has 9 heteroatoms. The van der Waals surface area contributed by atoms with Gasteiger partial charge in [0.15, 0.2) is 12.4 Å². The van der Waals surface area contributed by atoms with Gasteiger partial charge in [-0.15, -0.1) is 0 Å². The third kappa shape index (κ3) is 35.9. The predicted molar refractivity (Wildman–Crippen MR) is 205 cm³/mol. The molecule has 0 saturated carbocycles. The maximum absolute atomic E-state index is 12.7. The van der Waals surface area contributed by atoms with Gasteiger partial charge in [-0.2, -0.15) is 0 Å². The smallest absolute Gasteiger partial charge is 0.306 e. The number of carboxylic acid groups (broad SMARTS) is 1. The Bertz CT molecular complexity index is 898. The molecule has 9 nitrogen and oxygen atoms in total. The van der Waals surface area contributed by atoms with Gasteiger partial charge in [-0.25, -0.2) is 0 Å². The molecule has 2 unspecified atom stereocenters. The summed E-state index contributed by atoms with van der Waals surface area (Å²) in [6, 6.07) is 0. The fourth-order valence-electron chi connectivity index (χ4n) is 5.45. The van der Waals surface area contributed by atoms with Crippen LogP contribution in [0.25, 0.3) is 0 Å². The second-order valence-electron chi connectivity index (χ2n) is 14.9. The normalized spacial score (nSPS) is 13.2. The molecule has 0 aliphatic rings. The molecule has 0 aromatic rings. The molecule has 51 heavy (non-hydrogen) atoms. The quantitative estimate of drug-likeness (QED) is 0.0206. The average molecular weight is 724 g/mol. The Balaban J connectivity index is 4.47. The van der Waals surface area contributed by atoms with Crippen LogP contribution in [-0.2, 0) is 33.3 Å². The molecule has 2 atom stereocenters. The first kappa shape index (κ1) is 48.8. The maximum atomic E-state index is 12.7. The number of rotatable bonds is 37. The molecule has 0 aromatic carbocycles. The van der Waals surface area contributed by atoms with Gasteiger partial charge in [0.2, 0.25) is 0 Å². The van der Waals surface area contributed by atoms with Gasteiger partial charge in [-0.3, -0.25) is 9.59 Å². The van der Waals surface area contributed by atoms with Crippen molar-refractivity contribution in [1.29, 1.82) is 0 Å². The molecule has 0 saturated heterocycles. The average Bonchev–Trinajstić information content (AvgIpc) is 3.08. The zero-order valence-electron chi connectivity index (χ0n) is 33.5. The Labute approximate surface area is 312 Å². The highest BCUT2D eigenvalue weighted by molar-refractivity contribution is 5.70. The third-order valence-corrected chi connectivity index (χ3v) is 8.70. The number of allylic oxidation sites excluding steroid dienone is 4. The molecule has 0 heterocycles. The van der Waals surface area contributed by atoms with E-state index in [0.717, 1.165) is 51.4 Å². The fraction of sp³-hybridized carbons (Fsp3) is 0.833. The van der Waals surface area contributed by atoms with Crippen molar-refractivity contribution >= 4 is 17.9 Å². The Morgan fingerprint density at radius 3 is 1.59 bits per heavy atom. The van der Waals surface area contributed by atoms with E-state index < -0.39 is 24.3 Å². The number of quaternary nitrogens is 1. The van der Waals surface area contributed by atoms with E-state index in [-0.39, 0.29) is 32.2 Å². The molecule has 0 amide bonds. The molecule has 0 N–H and O–H groups in total. The van der Waals surface area contributed by atoms with Crippen LogP contribution in [0.4, 0.5) is 0 Å². The van der Waals surface area contributed by atoms with Crippen LogP contribution < -0.4 is 5.11 Å². The van der Waals surface area contributed by atoms with Crippen molar-refractivity contribution in [1.82, 2.24) is 0 Å². The van der Waals surface area contributed by atoms with E-state index in [1.54, 1.807) is 0 Å². The Morgan fingerprint density at radius 1 is 0.588 bits per heavy atom. The third-order valence-electron chi connectivity index (χ3n) is 8.70. The minimum atomic E-state index is -1.62. The second-order valence-corrected chi connectivity index (χ2v) is 14.9. The fourth-order valence-corrected chi connectivity index (χ4v) is 5.45. The monoisotopic (exact) mass is 724 g/mol. The Hall–Kier alpha value is -2.23. The number of carboxylic acids is 1. The van der Waals surface area contributed by atoms with Gasteiger partial charge >= 0.3 is 11.9 Å². The van der Waals surface area contributed by atoms with Crippen LogP contribution >= 0.6 is 0 Å². The predicted octanol–water partition coefficient (Wildman–Crippen LogP) is 8.77. The molecule has 0 aliphatic carbocycles. The van der Waals surface area contributed by atoms with Crippen LogP contribution in [0.3, 0.4) is 0 Å². The van der Waals surface area contributed by atoms with Crippen molar-refractivity contribution in [3.8, 4) is 0 Å². The number of likely N-dealkylation sites (N-methyl/N-ethyl adjacent to an activating group) is 1. The first-order valence-electron chi connectivity index (χ1n) is 20.5. The number of aliphatic carboxylic acids is 1. The van der Waals surface area contributed by atoms with Crippen molar-refractivity contribution in [2.24, 2.45) is 0 Å². The number of hydrogen-bond donors (Lipinski definition) is 0. The number of unbranched alkanes of at least 4 members (excludes halogenated alkanes) is 18. The summed E-state index contributed by atoms with van der Waals surface area (Å²) < 4.78 is 22.4. The lowest BCUT2D eigenvalue weighted by atomic mass is 10.1. The molecular weight excluding hydrogens is 646 g/mol. The number of ether oxygens (including phenoxy) is 4. The summed E-state index contributed by atoms with van der Waals surface area (Å²) in [6.45, 7) is 4.67. The standard InChI is InChI=1S/C42H77NO8/c1-6-8-10-12-14-16-17-18-19-20-21-22-23-25-27-29-31-33-40(45)51-38(37-50-42(41(46)47)48-35-34-43(3,4)5)36-49-39(44)32-30-28-26-24-15-13-11-9-7-2/h14,16,18-19,38,42H,6-13,15,17,20-37H2,1-5H3/b16-14-,19-18-. The highest BCUT2D eigenvalue weighted by Crippen LogP contribution is 2.13. The van der Waals surface area contributed by atoms with E-state index in [0.29, 0.717) is 23.9 Å². The Kier molecular flexibility index (Phi) is 33.3. The molecule has 0 aromatic heterocycles. The molecule has 0 rings (SSSR count). The first-order chi connectivity index (χ1) is 24.6. The van der Waals surface area contributed by atoms with Crippen LogP contribution in [0.15, 0.2) is 24.3 Å². The van der Waals surface area contributed by atoms with Crippen molar-refractivity contribution < 1.29 is 42.9 Å². The molecule has 0 bridgehead atoms. The summed E-state index contributed by atoms with van der Waals surface area (Å²) in [5.74, 6) is -2.30. The van der Waals surface area contributed by atoms with E-state index in [4.69, 9.17) is 18.9 Å². The number of carbonyl (C=O) groups excluding carboxylic acids is 3. The summed E-state index contributed by atoms with van der Waals surface area (Å²) >= 11 is 0. The van der Waals surface area contributed by atoms with E-state index in [1.165, 1.54) is 83.5 Å². The lowest BCUT2D eigenvalue weighted by Gasteiger charge is -2.26. The number of carbonyl (C=O) groups is 3. The van der Waals surface area contributed by atoms with E-state index in [1.807, 2.05) is 21.1 Å². The van der Waals surface area contributed by atoms with Crippen LogP contribution in [0, 0.1) is 0 Å². The summed E-state index contributed by atoms with van der Waals surface area (Å²) in [5.41, 5.74) is 0. The molecule has 0 spiro atoms. The van der Waals surface area contributed by atoms with E-state index >= 15 is 0 Å². The minimum Gasteiger partial charge on any atom is -0.545 e. The highest BCUT2D eigenvalue weighted by atomic mass is 16.7. The van der Waals surface area contributed by atoms with E-state index in [2.05, 4.69) is 38.2 Å². The number of esters is 2. The van der Waals surface area contributed by atoms with Gasteiger partial charge < -0.3 is 33.3 Å². The molecule has 0 radical (unpaired) electrons. The number of hydrogen-bond acceptors (Lipinski definition) is 8. The first-order valence-corrected chi connectivity index (χ1v) is 20.5. The topological polar surface area (TPSA) is 111 Å². The number of nitrogens with zero attached hydrogens (tertiary/aromatic N) is 1. The van der Waals surface area contributed by atoms with Crippen molar-refractivity contribution in [3.05, 3.63) is 24.3 Å². The Morgan fingerprint density at radius 2 is 1.06 bits per heavy atom. The maximum Gasteiger partial charge on any atom is 0.306 e. The summed E-state index contributed by atoms with van der Waals surface area (Å²) in [6.07, 6.45) is 32.1. The zero-order valence-corrected chi connectivity index (χ0v) is 33.5. The van der Waals surface area contributed by atoms with Crippen molar-refractivity contribution in [2.75, 3.05) is 47.5 Å². The van der Waals surface area contributed by atoms with Gasteiger partial charge in [-0.05, 0) is 44.9 Å². The van der Waals surface area contributed by atoms with Gasteiger partial charge in [0.05, 0.1) is 40.3 Å². The van der Waals surface area contributed by atoms with Gasteiger partial charge in [-0.1, -0.05) is 134 Å². The zero-order chi connectivity index (χ0) is 37.8. The molecular formula is C42H77NO8. The van der Waals surface area contributed by atoms with Crippen LogP contribution in [-0.4, -0.2) is 82.3 Å². The van der Waals surface area contributed by atoms with Crippen LogP contribution in [0.2, 0.25) is 0 Å². The second kappa shape index (κ2) is 34.8. The van der Waals surface area contributed by atoms with Crippen LogP contribution in [0.5, 0.6) is 0 Å². The van der Waals surface area contributed by atoms with Gasteiger partial charge in [0.1, 0.15) is 13.2 Å². The molecule has 298 valence electrons. The lowest BCUT2D eigenvalue weighted by molar-refractivity contribution is -0.870. The highest BCUT2D eigenvalue weighted by Gasteiger charge is 2.21. The summed E-state index contributed by atoms with van der Waals surface area (Å²) in [5, 5.41) is 11.6. The van der Waals surface area contributed by atoms with Crippen molar-refractivity contribution in [3.63, 3.8) is 0 Å². The largest absolute Gasteiger partial charge is 0.545 e. The van der Waals surface area contributed by atoms with Gasteiger partial charge in [0, 0.05) is 12.8 Å². The van der Waals surface area contributed by atoms with Gasteiger partial charge in [0.25, 0.3) is 0 Å². The molecule has 0 aliphatic heterocycles. The lowest BCUT2D eigenvalue weighted by Crippen LogP contribution is -2.44. The van der Waals surface area contributed by atoms with Crippen LogP contribution in [0.1, 0.15) is 168 Å². The summed E-state index contributed by atoms with van der Waals surface area (Å²) in [4.78, 5) is 36.7. The van der Waals surface area contributed by atoms with Crippen molar-refractivity contribution in [2.45, 2.75) is 180 Å². The minimum absolute atomic E-state index is 0.147. The summed E-state index contributed by atoms with van der Waals surface area (Å²) in [7, 11) is 5.90. The van der Waals surface area contributed by atoms with E-state index in [9.17, 15) is 19.5 Å². The SMILES string of the molecule is CCCCC/C=C\C/C=C\CCCCCCCCCC(=O)OC(COC(=O)CCCCCCCCCCC)COC(OCC[N+](C)(C)C)C(=O)[O-].